The highest BCUT2D eigenvalue weighted by molar-refractivity contribution is 5.80. The largest absolute Gasteiger partial charge is 0.433 e. The van der Waals surface area contributed by atoms with Gasteiger partial charge in [0.05, 0.1) is 0 Å². The number of para-hydroxylation sites is 1. The summed E-state index contributed by atoms with van der Waals surface area (Å²) in [5.41, 5.74) is 0.0433. The second-order valence-electron chi connectivity index (χ2n) is 4.57. The zero-order valence-corrected chi connectivity index (χ0v) is 11.2. The van der Waals surface area contributed by atoms with Gasteiger partial charge in [-0.2, -0.15) is 13.2 Å². The molecular formula is C15H13F3N2O. The van der Waals surface area contributed by atoms with Crippen LogP contribution in [0.4, 0.5) is 24.7 Å². The first-order valence-corrected chi connectivity index (χ1v) is 6.25. The van der Waals surface area contributed by atoms with Gasteiger partial charge in [0.15, 0.2) is 0 Å². The molecule has 0 atom stereocenters. The molecule has 3 nitrogen and oxygen atoms in total. The van der Waals surface area contributed by atoms with Crippen LogP contribution in [0.5, 0.6) is 0 Å². The van der Waals surface area contributed by atoms with Crippen molar-refractivity contribution in [2.75, 3.05) is 5.32 Å². The number of pyridine rings is 1. The lowest BCUT2D eigenvalue weighted by atomic mass is 10.1. The van der Waals surface area contributed by atoms with Gasteiger partial charge in [-0.05, 0) is 25.1 Å². The second-order valence-corrected chi connectivity index (χ2v) is 4.57. The van der Waals surface area contributed by atoms with Crippen LogP contribution in [0.1, 0.15) is 18.2 Å². The molecule has 1 N–H and O–H groups in total. The quantitative estimate of drug-likeness (QED) is 0.927. The first-order chi connectivity index (χ1) is 9.86. The van der Waals surface area contributed by atoms with Gasteiger partial charge in [-0.15, -0.1) is 0 Å². The van der Waals surface area contributed by atoms with Gasteiger partial charge in [0.1, 0.15) is 17.3 Å². The Kier molecular flexibility index (Phi) is 4.26. The molecule has 21 heavy (non-hydrogen) atoms. The van der Waals surface area contributed by atoms with E-state index in [1.807, 2.05) is 0 Å². The summed E-state index contributed by atoms with van der Waals surface area (Å²) in [6, 6.07) is 10.9. The number of anilines is 2. The second kappa shape index (κ2) is 5.95. The molecule has 0 saturated carbocycles. The Morgan fingerprint density at radius 1 is 1.14 bits per heavy atom. The van der Waals surface area contributed by atoms with Gasteiger partial charge >= 0.3 is 6.18 Å². The summed E-state index contributed by atoms with van der Waals surface area (Å²) in [5.74, 6) is -0.0982. The number of alkyl halides is 3. The summed E-state index contributed by atoms with van der Waals surface area (Å²) in [4.78, 5) is 14.8. The van der Waals surface area contributed by atoms with Gasteiger partial charge in [-0.1, -0.05) is 24.3 Å². The van der Waals surface area contributed by atoms with E-state index >= 15 is 0 Å². The lowest BCUT2D eigenvalue weighted by Crippen LogP contribution is -2.11. The van der Waals surface area contributed by atoms with Gasteiger partial charge < -0.3 is 5.32 Å². The number of rotatable bonds is 4. The highest BCUT2D eigenvalue weighted by Crippen LogP contribution is 2.30. The summed E-state index contributed by atoms with van der Waals surface area (Å²) in [6.45, 7) is 1.38. The molecule has 110 valence electrons. The van der Waals surface area contributed by atoms with Gasteiger partial charge in [-0.3, -0.25) is 4.79 Å². The number of hydrogen-bond acceptors (Lipinski definition) is 3. The van der Waals surface area contributed by atoms with E-state index in [0.29, 0.717) is 11.3 Å². The summed E-state index contributed by atoms with van der Waals surface area (Å²) in [6.07, 6.45) is -4.50. The minimum atomic E-state index is -4.53. The third kappa shape index (κ3) is 4.05. The number of benzene rings is 1. The van der Waals surface area contributed by atoms with Crippen LogP contribution in [0.25, 0.3) is 0 Å². The maximum atomic E-state index is 12.7. The highest BCUT2D eigenvalue weighted by Gasteiger charge is 2.33. The lowest BCUT2D eigenvalue weighted by molar-refractivity contribution is -0.141. The Bertz CT molecular complexity index is 639. The molecule has 0 bridgehead atoms. The average Bonchev–Trinajstić information content (AvgIpc) is 2.40. The minimum Gasteiger partial charge on any atom is -0.340 e. The summed E-state index contributed by atoms with van der Waals surface area (Å²) in [7, 11) is 0. The van der Waals surface area contributed by atoms with E-state index in [-0.39, 0.29) is 18.0 Å². The predicted molar refractivity (Wildman–Crippen MR) is 73.3 cm³/mol. The molecule has 0 aliphatic heterocycles. The number of aromatic nitrogens is 1. The lowest BCUT2D eigenvalue weighted by Gasteiger charge is -2.13. The van der Waals surface area contributed by atoms with Gasteiger partial charge in [0, 0.05) is 17.7 Å². The van der Waals surface area contributed by atoms with E-state index in [1.165, 1.54) is 13.0 Å². The van der Waals surface area contributed by atoms with E-state index in [2.05, 4.69) is 10.3 Å². The van der Waals surface area contributed by atoms with Crippen LogP contribution in [0.15, 0.2) is 42.5 Å². The van der Waals surface area contributed by atoms with Crippen molar-refractivity contribution in [3.05, 3.63) is 53.7 Å². The Labute approximate surface area is 119 Å². The first kappa shape index (κ1) is 15.0. The van der Waals surface area contributed by atoms with Crippen LogP contribution in [0.3, 0.4) is 0 Å². The van der Waals surface area contributed by atoms with Crippen LogP contribution >= 0.6 is 0 Å². The Balaban J connectivity index is 2.40. The molecule has 0 spiro atoms. The zero-order valence-electron chi connectivity index (χ0n) is 11.2. The minimum absolute atomic E-state index is 0.0281. The smallest absolute Gasteiger partial charge is 0.340 e. The van der Waals surface area contributed by atoms with Crippen molar-refractivity contribution < 1.29 is 18.0 Å². The van der Waals surface area contributed by atoms with Gasteiger partial charge in [-0.25, -0.2) is 4.98 Å². The van der Waals surface area contributed by atoms with Crippen molar-refractivity contribution >= 4 is 17.3 Å². The topological polar surface area (TPSA) is 42.0 Å². The highest BCUT2D eigenvalue weighted by atomic mass is 19.4. The third-order valence-electron chi connectivity index (χ3n) is 2.75. The molecule has 2 aromatic rings. The van der Waals surface area contributed by atoms with E-state index in [0.717, 1.165) is 6.07 Å². The van der Waals surface area contributed by atoms with Crippen molar-refractivity contribution in [1.82, 2.24) is 4.98 Å². The Morgan fingerprint density at radius 3 is 2.38 bits per heavy atom. The number of halogens is 3. The summed E-state index contributed by atoms with van der Waals surface area (Å²) in [5, 5.41) is 2.83. The fraction of sp³-hybridized carbons (Fsp3) is 0.200. The molecule has 0 unspecified atom stereocenters. The number of carbonyl (C=O) groups is 1. The number of carbonyl (C=O) groups excluding carboxylic acids is 1. The van der Waals surface area contributed by atoms with E-state index in [9.17, 15) is 18.0 Å². The number of nitrogens with zero attached hydrogens (tertiary/aromatic N) is 1. The van der Waals surface area contributed by atoms with E-state index < -0.39 is 11.9 Å². The molecule has 0 fully saturated rings. The maximum Gasteiger partial charge on any atom is 0.433 e. The van der Waals surface area contributed by atoms with Crippen LogP contribution in [-0.2, 0) is 17.4 Å². The fourth-order valence-corrected chi connectivity index (χ4v) is 1.82. The van der Waals surface area contributed by atoms with Crippen LogP contribution in [-0.4, -0.2) is 10.8 Å². The monoisotopic (exact) mass is 294 g/mol. The number of nitrogens with one attached hydrogen (secondary N) is 1. The van der Waals surface area contributed by atoms with Crippen molar-refractivity contribution in [1.29, 1.82) is 0 Å². The van der Waals surface area contributed by atoms with Crippen LogP contribution < -0.4 is 5.32 Å². The van der Waals surface area contributed by atoms with Gasteiger partial charge in [0.2, 0.25) is 0 Å². The summed E-state index contributed by atoms with van der Waals surface area (Å²) >= 11 is 0. The molecule has 6 heteroatoms. The van der Waals surface area contributed by atoms with Crippen LogP contribution in [0, 0.1) is 0 Å². The third-order valence-corrected chi connectivity index (χ3v) is 2.75. The molecule has 1 aromatic heterocycles. The van der Waals surface area contributed by atoms with Crippen molar-refractivity contribution in [2.24, 2.45) is 0 Å². The SMILES string of the molecule is CC(=O)Cc1ccc(C(F)(F)F)nc1Nc1ccccc1. The Hall–Kier alpha value is -2.37. The molecule has 0 saturated heterocycles. The van der Waals surface area contributed by atoms with Crippen molar-refractivity contribution in [3.8, 4) is 0 Å². The zero-order chi connectivity index (χ0) is 15.5. The van der Waals surface area contributed by atoms with Crippen LogP contribution in [0.2, 0.25) is 0 Å². The molecule has 1 aromatic carbocycles. The van der Waals surface area contributed by atoms with Gasteiger partial charge in [0.25, 0.3) is 0 Å². The van der Waals surface area contributed by atoms with E-state index in [1.54, 1.807) is 30.3 Å². The van der Waals surface area contributed by atoms with Crippen molar-refractivity contribution in [2.45, 2.75) is 19.5 Å². The standard InChI is InChI=1S/C15H13F3N2O/c1-10(21)9-11-7-8-13(15(16,17)18)20-14(11)19-12-5-3-2-4-6-12/h2-8H,9H2,1H3,(H,19,20). The first-order valence-electron chi connectivity index (χ1n) is 6.25. The average molecular weight is 294 g/mol. The number of Topliss-reactive ketones (excluding diaryl/α,β-unsaturated/α-hetero) is 1. The van der Waals surface area contributed by atoms with Crippen molar-refractivity contribution in [3.63, 3.8) is 0 Å². The fourth-order valence-electron chi connectivity index (χ4n) is 1.82. The number of ketones is 1. The molecule has 0 amide bonds. The molecular weight excluding hydrogens is 281 g/mol. The van der Waals surface area contributed by atoms with E-state index in [4.69, 9.17) is 0 Å². The summed E-state index contributed by atoms with van der Waals surface area (Å²) < 4.78 is 38.2. The molecule has 2 rings (SSSR count). The normalized spacial score (nSPS) is 11.2. The molecule has 1 heterocycles. The molecule has 0 aliphatic carbocycles. The molecule has 0 radical (unpaired) electrons. The molecule has 0 aliphatic rings. The predicted octanol–water partition coefficient (Wildman–Crippen LogP) is 3.98. The number of hydrogen-bond donors (Lipinski definition) is 1. The maximum absolute atomic E-state index is 12.7. The Morgan fingerprint density at radius 2 is 1.81 bits per heavy atom.